The van der Waals surface area contributed by atoms with Gasteiger partial charge >= 0.3 is 0 Å². The molecule has 0 spiro atoms. The van der Waals surface area contributed by atoms with Crippen LogP contribution in [-0.2, 0) is 9.59 Å². The molecule has 0 aromatic heterocycles. The number of carbonyl (C=O) groups excluding carboxylic acids is 2. The summed E-state index contributed by atoms with van der Waals surface area (Å²) in [6.45, 7) is 4.08. The second-order valence-corrected chi connectivity index (χ2v) is 8.77. The summed E-state index contributed by atoms with van der Waals surface area (Å²) in [5, 5.41) is 12.0. The maximum atomic E-state index is 13.4. The summed E-state index contributed by atoms with van der Waals surface area (Å²) < 4.78 is 10.9. The lowest BCUT2D eigenvalue weighted by atomic mass is 9.94. The van der Waals surface area contributed by atoms with Gasteiger partial charge in [0, 0.05) is 16.3 Å². The number of halogens is 2. The highest BCUT2D eigenvalue weighted by Gasteiger charge is 2.47. The van der Waals surface area contributed by atoms with E-state index in [-0.39, 0.29) is 16.2 Å². The first kappa shape index (κ1) is 24.6. The monoisotopic (exact) mass is 511 g/mol. The summed E-state index contributed by atoms with van der Waals surface area (Å²) in [5.74, 6) is -1.04. The number of hydrogen-bond acceptors (Lipinski definition) is 5. The molecule has 0 aliphatic carbocycles. The van der Waals surface area contributed by atoms with Crippen LogP contribution in [0.5, 0.6) is 11.5 Å². The van der Waals surface area contributed by atoms with Gasteiger partial charge < -0.3 is 14.6 Å². The van der Waals surface area contributed by atoms with Gasteiger partial charge in [0.2, 0.25) is 0 Å². The average Bonchev–Trinajstić information content (AvgIpc) is 3.12. The molecule has 1 atom stereocenters. The molecule has 0 bridgehead atoms. The lowest BCUT2D eigenvalue weighted by molar-refractivity contribution is -0.132. The molecule has 1 fully saturated rings. The van der Waals surface area contributed by atoms with E-state index in [1.165, 1.54) is 12.0 Å². The summed E-state index contributed by atoms with van der Waals surface area (Å²) in [6.07, 6.45) is 0. The van der Waals surface area contributed by atoms with Crippen molar-refractivity contribution in [3.8, 4) is 11.5 Å². The summed E-state index contributed by atoms with van der Waals surface area (Å²) in [4.78, 5) is 28.0. The highest BCUT2D eigenvalue weighted by molar-refractivity contribution is 6.52. The molecule has 0 radical (unpaired) electrons. The van der Waals surface area contributed by atoms with Crippen LogP contribution in [0.3, 0.4) is 0 Å². The van der Waals surface area contributed by atoms with Gasteiger partial charge in [0.1, 0.15) is 17.3 Å². The van der Waals surface area contributed by atoms with E-state index in [2.05, 4.69) is 0 Å². The largest absolute Gasteiger partial charge is 0.507 e. The zero-order valence-electron chi connectivity index (χ0n) is 19.3. The Kier molecular flexibility index (Phi) is 7.05. The molecule has 35 heavy (non-hydrogen) atoms. The Morgan fingerprint density at radius 2 is 1.77 bits per heavy atom. The molecular weight excluding hydrogens is 489 g/mol. The molecule has 1 aliphatic rings. The number of anilines is 1. The van der Waals surface area contributed by atoms with Gasteiger partial charge in [0.15, 0.2) is 0 Å². The van der Waals surface area contributed by atoms with Crippen LogP contribution in [0.4, 0.5) is 5.69 Å². The fraction of sp³-hybridized carbons (Fsp3) is 0.185. The third kappa shape index (κ3) is 4.59. The fourth-order valence-electron chi connectivity index (χ4n) is 4.04. The third-order valence-corrected chi connectivity index (χ3v) is 6.53. The highest BCUT2D eigenvalue weighted by atomic mass is 35.5. The van der Waals surface area contributed by atoms with Gasteiger partial charge in [-0.3, -0.25) is 14.5 Å². The van der Waals surface area contributed by atoms with Crippen molar-refractivity contribution < 1.29 is 24.2 Å². The van der Waals surface area contributed by atoms with Crippen LogP contribution in [0.1, 0.15) is 29.7 Å². The molecule has 1 unspecified atom stereocenters. The number of amides is 1. The number of Topliss-reactive ketones (excluding diaryl/α,β-unsaturated/α-hetero) is 1. The Morgan fingerprint density at radius 3 is 2.46 bits per heavy atom. The second kappa shape index (κ2) is 10.0. The summed E-state index contributed by atoms with van der Waals surface area (Å²) in [6, 6.07) is 15.9. The molecule has 6 nitrogen and oxygen atoms in total. The van der Waals surface area contributed by atoms with Crippen LogP contribution < -0.4 is 14.4 Å². The average molecular weight is 512 g/mol. The molecule has 8 heteroatoms. The van der Waals surface area contributed by atoms with Crippen molar-refractivity contribution in [1.82, 2.24) is 0 Å². The lowest BCUT2D eigenvalue weighted by Crippen LogP contribution is -2.29. The number of hydrogen-bond donors (Lipinski definition) is 1. The molecule has 1 amide bonds. The predicted octanol–water partition coefficient (Wildman–Crippen LogP) is 6.34. The Labute approximate surface area is 213 Å². The summed E-state index contributed by atoms with van der Waals surface area (Å²) in [5.41, 5.74) is 1.90. The minimum absolute atomic E-state index is 0.101. The number of benzene rings is 3. The highest BCUT2D eigenvalue weighted by Crippen LogP contribution is 2.44. The molecular formula is C27H23Cl2NO5. The number of rotatable bonds is 6. The van der Waals surface area contributed by atoms with Crippen molar-refractivity contribution in [1.29, 1.82) is 0 Å². The van der Waals surface area contributed by atoms with E-state index in [0.29, 0.717) is 34.4 Å². The first-order chi connectivity index (χ1) is 16.8. The van der Waals surface area contributed by atoms with Crippen molar-refractivity contribution in [2.75, 3.05) is 18.6 Å². The number of ketones is 1. The van der Waals surface area contributed by atoms with Crippen molar-refractivity contribution >= 4 is 46.3 Å². The minimum Gasteiger partial charge on any atom is -0.507 e. The van der Waals surface area contributed by atoms with E-state index in [0.717, 1.165) is 5.56 Å². The van der Waals surface area contributed by atoms with Gasteiger partial charge in [-0.2, -0.15) is 0 Å². The van der Waals surface area contributed by atoms with E-state index in [4.69, 9.17) is 32.7 Å². The van der Waals surface area contributed by atoms with Crippen molar-refractivity contribution in [2.45, 2.75) is 19.9 Å². The van der Waals surface area contributed by atoms with Crippen molar-refractivity contribution in [3.63, 3.8) is 0 Å². The summed E-state index contributed by atoms with van der Waals surface area (Å²) >= 11 is 12.7. The second-order valence-electron chi connectivity index (χ2n) is 7.95. The van der Waals surface area contributed by atoms with Crippen molar-refractivity contribution in [3.05, 3.63) is 93.0 Å². The number of aliphatic hydroxyl groups excluding tert-OH is 1. The molecule has 1 N–H and O–H groups in total. The molecule has 1 aliphatic heterocycles. The predicted molar refractivity (Wildman–Crippen MR) is 137 cm³/mol. The Bertz CT molecular complexity index is 1350. The number of ether oxygens (including phenoxy) is 2. The number of aliphatic hydroxyl groups is 1. The zero-order valence-corrected chi connectivity index (χ0v) is 20.9. The van der Waals surface area contributed by atoms with Crippen LogP contribution in [0, 0.1) is 6.92 Å². The first-order valence-electron chi connectivity index (χ1n) is 10.9. The molecule has 4 rings (SSSR count). The van der Waals surface area contributed by atoms with Gasteiger partial charge in [-0.05, 0) is 67.4 Å². The van der Waals surface area contributed by atoms with Gasteiger partial charge in [-0.25, -0.2) is 0 Å². The van der Waals surface area contributed by atoms with E-state index in [1.54, 1.807) is 60.7 Å². The normalized spacial score (nSPS) is 17.1. The van der Waals surface area contributed by atoms with Gasteiger partial charge in [0.25, 0.3) is 11.7 Å². The number of carbonyl (C=O) groups is 2. The zero-order chi connectivity index (χ0) is 25.3. The van der Waals surface area contributed by atoms with Crippen LogP contribution in [0.25, 0.3) is 5.76 Å². The molecule has 1 heterocycles. The Balaban J connectivity index is 1.98. The van der Waals surface area contributed by atoms with E-state index in [9.17, 15) is 14.7 Å². The standard InChI is InChI=1S/C27H23Cl2NO5/c1-4-35-19-10-11-21(28)20(14-19)25(31)23-24(16-6-5-7-18(12-16)34-3)30(27(33)26(23)32)17-9-8-15(2)22(29)13-17/h5-14,24,31H,4H2,1-3H3/b25-23+. The SMILES string of the molecule is CCOc1ccc(Cl)c(/C(O)=C2\C(=O)C(=O)N(c3ccc(C)c(Cl)c3)C2c2cccc(OC)c2)c1. The topological polar surface area (TPSA) is 76.1 Å². The van der Waals surface area contributed by atoms with Crippen LogP contribution in [-0.4, -0.2) is 30.5 Å². The van der Waals surface area contributed by atoms with Gasteiger partial charge in [0.05, 0.1) is 30.4 Å². The molecule has 3 aromatic carbocycles. The number of aryl methyl sites for hydroxylation is 1. The third-order valence-electron chi connectivity index (χ3n) is 5.79. The smallest absolute Gasteiger partial charge is 0.300 e. The number of nitrogens with zero attached hydrogens (tertiary/aromatic N) is 1. The molecule has 180 valence electrons. The fourth-order valence-corrected chi connectivity index (χ4v) is 4.43. The molecule has 3 aromatic rings. The van der Waals surface area contributed by atoms with Crippen LogP contribution in [0.2, 0.25) is 10.0 Å². The Morgan fingerprint density at radius 1 is 1.00 bits per heavy atom. The maximum absolute atomic E-state index is 13.4. The lowest BCUT2D eigenvalue weighted by Gasteiger charge is -2.26. The Hall–Kier alpha value is -3.48. The maximum Gasteiger partial charge on any atom is 0.300 e. The van der Waals surface area contributed by atoms with E-state index < -0.39 is 23.5 Å². The molecule has 0 saturated carbocycles. The molecule has 1 saturated heterocycles. The first-order valence-corrected chi connectivity index (χ1v) is 11.7. The van der Waals surface area contributed by atoms with Crippen molar-refractivity contribution in [2.24, 2.45) is 0 Å². The number of methoxy groups -OCH3 is 1. The van der Waals surface area contributed by atoms with Crippen LogP contribution in [0.15, 0.2) is 66.2 Å². The van der Waals surface area contributed by atoms with Crippen LogP contribution >= 0.6 is 23.2 Å². The summed E-state index contributed by atoms with van der Waals surface area (Å²) in [7, 11) is 1.52. The minimum atomic E-state index is -0.948. The van der Waals surface area contributed by atoms with Gasteiger partial charge in [-0.1, -0.05) is 41.4 Å². The quantitative estimate of drug-likeness (QED) is 0.237. The van der Waals surface area contributed by atoms with Gasteiger partial charge in [-0.15, -0.1) is 0 Å². The van der Waals surface area contributed by atoms with E-state index in [1.807, 2.05) is 13.8 Å². The van der Waals surface area contributed by atoms with E-state index >= 15 is 0 Å².